The van der Waals surface area contributed by atoms with E-state index < -0.39 is 0 Å². The van der Waals surface area contributed by atoms with Gasteiger partial charge >= 0.3 is 0 Å². The van der Waals surface area contributed by atoms with Crippen molar-refractivity contribution < 1.29 is 19.1 Å². The second kappa shape index (κ2) is 10.2. The summed E-state index contributed by atoms with van der Waals surface area (Å²) >= 11 is 0. The zero-order valence-corrected chi connectivity index (χ0v) is 18.2. The lowest BCUT2D eigenvalue weighted by Crippen LogP contribution is -2.45. The largest absolute Gasteiger partial charge is 0.504 e. The van der Waals surface area contributed by atoms with Crippen LogP contribution in [0, 0.1) is 0 Å². The van der Waals surface area contributed by atoms with Crippen molar-refractivity contribution in [2.45, 2.75) is 51.2 Å². The highest BCUT2D eigenvalue weighted by Gasteiger charge is 2.22. The number of benzene rings is 1. The molecule has 8 heteroatoms. The summed E-state index contributed by atoms with van der Waals surface area (Å²) in [5.74, 6) is 1.16. The van der Waals surface area contributed by atoms with Crippen molar-refractivity contribution in [1.29, 1.82) is 0 Å². The maximum Gasteiger partial charge on any atom is 0.273 e. The number of carbonyl (C=O) groups is 1. The molecule has 2 heterocycles. The highest BCUT2D eigenvalue weighted by molar-refractivity contribution is 5.92. The number of methoxy groups -OCH3 is 1. The van der Waals surface area contributed by atoms with Crippen LogP contribution in [0.2, 0.25) is 0 Å². The van der Waals surface area contributed by atoms with Crippen molar-refractivity contribution in [2.75, 3.05) is 33.3 Å². The molecular weight excluding hydrogens is 396 g/mol. The van der Waals surface area contributed by atoms with E-state index in [1.165, 1.54) is 25.5 Å². The van der Waals surface area contributed by atoms with E-state index in [0.717, 1.165) is 44.6 Å². The minimum Gasteiger partial charge on any atom is -0.504 e. The molecule has 4 rings (SSSR count). The number of oxazole rings is 1. The Morgan fingerprint density at radius 1 is 1.16 bits per heavy atom. The van der Waals surface area contributed by atoms with Gasteiger partial charge in [0.05, 0.1) is 13.7 Å². The van der Waals surface area contributed by atoms with Crippen LogP contribution in [-0.4, -0.2) is 65.1 Å². The molecule has 168 valence electrons. The van der Waals surface area contributed by atoms with Gasteiger partial charge in [0.2, 0.25) is 5.89 Å². The molecule has 1 amide bonds. The van der Waals surface area contributed by atoms with Crippen LogP contribution < -0.4 is 10.1 Å². The second-order valence-corrected chi connectivity index (χ2v) is 8.46. The normalized spacial score (nSPS) is 18.7. The molecule has 1 aliphatic heterocycles. The molecule has 0 bridgehead atoms. The quantitative estimate of drug-likeness (QED) is 0.701. The number of amides is 1. The number of nitrogens with one attached hydrogen (secondary N) is 1. The molecule has 1 saturated heterocycles. The van der Waals surface area contributed by atoms with E-state index in [1.54, 1.807) is 13.2 Å². The summed E-state index contributed by atoms with van der Waals surface area (Å²) in [6.07, 6.45) is 7.18. The van der Waals surface area contributed by atoms with Crippen LogP contribution in [0.4, 0.5) is 0 Å². The van der Waals surface area contributed by atoms with Crippen molar-refractivity contribution in [1.82, 2.24) is 20.1 Å². The topological polar surface area (TPSA) is 91.1 Å². The molecule has 8 nitrogen and oxygen atoms in total. The summed E-state index contributed by atoms with van der Waals surface area (Å²) in [6.45, 7) is 4.78. The van der Waals surface area contributed by atoms with Gasteiger partial charge in [-0.15, -0.1) is 0 Å². The third-order valence-electron chi connectivity index (χ3n) is 6.24. The van der Waals surface area contributed by atoms with Crippen LogP contribution >= 0.6 is 0 Å². The number of piperazine rings is 1. The molecule has 2 N–H and O–H groups in total. The molecule has 0 unspecified atom stereocenters. The van der Waals surface area contributed by atoms with E-state index in [2.05, 4.69) is 20.1 Å². The van der Waals surface area contributed by atoms with Gasteiger partial charge < -0.3 is 19.6 Å². The zero-order valence-electron chi connectivity index (χ0n) is 18.2. The van der Waals surface area contributed by atoms with Crippen LogP contribution in [-0.2, 0) is 13.1 Å². The van der Waals surface area contributed by atoms with Gasteiger partial charge in [-0.1, -0.05) is 31.4 Å². The summed E-state index contributed by atoms with van der Waals surface area (Å²) in [5, 5.41) is 13.4. The molecule has 2 aromatic rings. The number of hydrogen-bond donors (Lipinski definition) is 2. The lowest BCUT2D eigenvalue weighted by Gasteiger charge is -2.34. The standard InChI is InChI=1S/C23H32N4O4/c1-30-20-9-5-6-17(22(20)28)14-26-10-12-27(13-11-26)15-21-25-19(16-31-21)23(29)24-18-7-3-2-4-8-18/h5-6,9,16,18,28H,2-4,7-8,10-15H2,1H3,(H,24,29). The molecule has 31 heavy (non-hydrogen) atoms. The SMILES string of the molecule is COc1cccc(CN2CCN(Cc3nc(C(=O)NC4CCCCC4)co3)CC2)c1O. The Kier molecular flexibility index (Phi) is 7.09. The minimum absolute atomic E-state index is 0.134. The predicted molar refractivity (Wildman–Crippen MR) is 116 cm³/mol. The number of hydrogen-bond acceptors (Lipinski definition) is 7. The lowest BCUT2D eigenvalue weighted by molar-refractivity contribution is 0.0922. The molecule has 1 aliphatic carbocycles. The number of aromatic nitrogens is 1. The molecule has 0 atom stereocenters. The Balaban J connectivity index is 1.24. The van der Waals surface area contributed by atoms with Gasteiger partial charge in [0, 0.05) is 44.3 Å². The Labute approximate surface area is 183 Å². The third-order valence-corrected chi connectivity index (χ3v) is 6.24. The smallest absolute Gasteiger partial charge is 0.273 e. The first-order chi connectivity index (χ1) is 15.1. The Hall–Kier alpha value is -2.58. The number of aromatic hydroxyl groups is 1. The first-order valence-corrected chi connectivity index (χ1v) is 11.2. The van der Waals surface area contributed by atoms with E-state index >= 15 is 0 Å². The maximum atomic E-state index is 12.4. The Bertz CT molecular complexity index is 870. The molecule has 1 aromatic heterocycles. The van der Waals surface area contributed by atoms with Crippen molar-refractivity contribution in [3.63, 3.8) is 0 Å². The highest BCUT2D eigenvalue weighted by atomic mass is 16.5. The van der Waals surface area contributed by atoms with Crippen LogP contribution in [0.1, 0.15) is 54.0 Å². The van der Waals surface area contributed by atoms with Gasteiger partial charge in [0.25, 0.3) is 5.91 Å². The first kappa shape index (κ1) is 21.6. The maximum absolute atomic E-state index is 12.4. The molecule has 2 aliphatic rings. The van der Waals surface area contributed by atoms with Gasteiger partial charge in [0.15, 0.2) is 17.2 Å². The first-order valence-electron chi connectivity index (χ1n) is 11.2. The fraction of sp³-hybridized carbons (Fsp3) is 0.565. The van der Waals surface area contributed by atoms with Gasteiger partial charge in [0.1, 0.15) is 6.26 Å². The number of carbonyl (C=O) groups excluding carboxylic acids is 1. The summed E-state index contributed by atoms with van der Waals surface area (Å²) in [7, 11) is 1.56. The number of rotatable bonds is 7. The van der Waals surface area contributed by atoms with Crippen LogP contribution in [0.5, 0.6) is 11.5 Å². The molecule has 1 aromatic carbocycles. The van der Waals surface area contributed by atoms with Crippen LogP contribution in [0.25, 0.3) is 0 Å². The number of phenolic OH excluding ortho intramolecular Hbond substituents is 1. The molecule has 1 saturated carbocycles. The lowest BCUT2D eigenvalue weighted by atomic mass is 9.95. The molecule has 0 radical (unpaired) electrons. The van der Waals surface area contributed by atoms with Crippen molar-refractivity contribution in [3.8, 4) is 11.5 Å². The third kappa shape index (κ3) is 5.57. The molecular formula is C23H32N4O4. The number of phenols is 1. The summed E-state index contributed by atoms with van der Waals surface area (Å²) in [6, 6.07) is 5.85. The number of ether oxygens (including phenoxy) is 1. The van der Waals surface area contributed by atoms with Crippen molar-refractivity contribution in [2.24, 2.45) is 0 Å². The zero-order chi connectivity index (χ0) is 21.6. The second-order valence-electron chi connectivity index (χ2n) is 8.46. The van der Waals surface area contributed by atoms with Crippen molar-refractivity contribution in [3.05, 3.63) is 41.6 Å². The summed E-state index contributed by atoms with van der Waals surface area (Å²) in [4.78, 5) is 21.4. The van der Waals surface area contributed by atoms with Gasteiger partial charge in [-0.3, -0.25) is 14.6 Å². The van der Waals surface area contributed by atoms with E-state index in [4.69, 9.17) is 9.15 Å². The highest BCUT2D eigenvalue weighted by Crippen LogP contribution is 2.30. The van der Waals surface area contributed by atoms with E-state index in [0.29, 0.717) is 30.4 Å². The average molecular weight is 429 g/mol. The van der Waals surface area contributed by atoms with E-state index in [-0.39, 0.29) is 17.7 Å². The van der Waals surface area contributed by atoms with Gasteiger partial charge in [-0.2, -0.15) is 0 Å². The summed E-state index contributed by atoms with van der Waals surface area (Å²) < 4.78 is 10.8. The van der Waals surface area contributed by atoms with E-state index in [1.807, 2.05) is 12.1 Å². The average Bonchev–Trinajstić information content (AvgIpc) is 3.26. The van der Waals surface area contributed by atoms with Crippen LogP contribution in [0.3, 0.4) is 0 Å². The van der Waals surface area contributed by atoms with Crippen molar-refractivity contribution >= 4 is 5.91 Å². The monoisotopic (exact) mass is 428 g/mol. The molecule has 0 spiro atoms. The minimum atomic E-state index is -0.134. The molecule has 2 fully saturated rings. The Morgan fingerprint density at radius 3 is 2.58 bits per heavy atom. The van der Waals surface area contributed by atoms with Gasteiger partial charge in [-0.25, -0.2) is 4.98 Å². The fourth-order valence-corrected chi connectivity index (χ4v) is 4.39. The number of para-hydroxylation sites is 1. The van der Waals surface area contributed by atoms with Crippen LogP contribution in [0.15, 0.2) is 28.9 Å². The fourth-order valence-electron chi connectivity index (χ4n) is 4.39. The Morgan fingerprint density at radius 2 is 1.87 bits per heavy atom. The van der Waals surface area contributed by atoms with E-state index in [9.17, 15) is 9.90 Å². The predicted octanol–water partition coefficient (Wildman–Crippen LogP) is 2.77. The summed E-state index contributed by atoms with van der Waals surface area (Å²) in [5.41, 5.74) is 1.24. The van der Waals surface area contributed by atoms with Gasteiger partial charge in [-0.05, 0) is 18.9 Å². The number of nitrogens with zero attached hydrogens (tertiary/aromatic N) is 3.